The first-order chi connectivity index (χ1) is 18.2. The molecule has 3 rings (SSSR count). The number of carboxylic acids is 1. The number of carbonyl (C=O) groups is 2. The van der Waals surface area contributed by atoms with Crippen LogP contribution in [0.15, 0.2) is 59.5 Å². The van der Waals surface area contributed by atoms with Crippen LogP contribution in [0.4, 0.5) is 0 Å². The Morgan fingerprint density at radius 1 is 1.08 bits per heavy atom. The first-order valence-corrected chi connectivity index (χ1v) is 14.5. The number of aliphatic carboxylic acids is 1. The van der Waals surface area contributed by atoms with Crippen LogP contribution < -0.4 is 10.1 Å². The lowest BCUT2D eigenvalue weighted by molar-refractivity contribution is -0.142. The van der Waals surface area contributed by atoms with Gasteiger partial charge in [0.25, 0.3) is 0 Å². The SMILES string of the molecule is CC(=N)CCCCCCOc1ccc(C[C@H](NC(=O)[C@@H]2CCCN2S(=O)(=O)c2ccccc2)C(=O)O)cc1. The summed E-state index contributed by atoms with van der Waals surface area (Å²) in [6.45, 7) is 2.61. The summed E-state index contributed by atoms with van der Waals surface area (Å²) >= 11 is 0. The van der Waals surface area contributed by atoms with Crippen LogP contribution in [-0.2, 0) is 26.0 Å². The number of hydrogen-bond acceptors (Lipinski definition) is 6. The molecule has 3 N–H and O–H groups in total. The van der Waals surface area contributed by atoms with Crippen molar-refractivity contribution in [2.24, 2.45) is 0 Å². The monoisotopic (exact) mass is 543 g/mol. The maximum Gasteiger partial charge on any atom is 0.326 e. The highest BCUT2D eigenvalue weighted by Crippen LogP contribution is 2.26. The molecule has 9 nitrogen and oxygen atoms in total. The molecular weight excluding hydrogens is 506 g/mol. The summed E-state index contributed by atoms with van der Waals surface area (Å²) in [4.78, 5) is 25.1. The quantitative estimate of drug-likeness (QED) is 0.229. The highest BCUT2D eigenvalue weighted by Gasteiger charge is 2.40. The van der Waals surface area contributed by atoms with Crippen LogP contribution in [0, 0.1) is 5.41 Å². The van der Waals surface area contributed by atoms with Crippen molar-refractivity contribution >= 4 is 27.6 Å². The van der Waals surface area contributed by atoms with Crippen LogP contribution in [0.2, 0.25) is 0 Å². The summed E-state index contributed by atoms with van der Waals surface area (Å²) in [6, 6.07) is 12.9. The Morgan fingerprint density at radius 3 is 2.42 bits per heavy atom. The number of ether oxygens (including phenoxy) is 1. The second-order valence-electron chi connectivity index (χ2n) is 9.63. The molecule has 1 amide bonds. The van der Waals surface area contributed by atoms with E-state index in [1.807, 2.05) is 6.92 Å². The Labute approximate surface area is 224 Å². The fourth-order valence-electron chi connectivity index (χ4n) is 4.48. The average Bonchev–Trinajstić information content (AvgIpc) is 3.40. The lowest BCUT2D eigenvalue weighted by Crippen LogP contribution is -2.51. The maximum atomic E-state index is 13.1. The van der Waals surface area contributed by atoms with Gasteiger partial charge in [0.1, 0.15) is 17.8 Å². The number of nitrogens with zero attached hydrogens (tertiary/aromatic N) is 1. The van der Waals surface area contributed by atoms with Crippen molar-refractivity contribution in [2.75, 3.05) is 13.2 Å². The number of unbranched alkanes of at least 4 members (excludes halogenated alkanes) is 3. The smallest absolute Gasteiger partial charge is 0.326 e. The van der Waals surface area contributed by atoms with E-state index in [9.17, 15) is 23.1 Å². The number of amides is 1. The Bertz CT molecular complexity index is 1180. The van der Waals surface area contributed by atoms with Gasteiger partial charge in [-0.25, -0.2) is 13.2 Å². The first kappa shape index (κ1) is 29.3. The summed E-state index contributed by atoms with van der Waals surface area (Å²) in [5.41, 5.74) is 1.43. The topological polar surface area (TPSA) is 137 Å². The molecule has 206 valence electrons. The van der Waals surface area contributed by atoms with E-state index in [1.165, 1.54) is 12.1 Å². The third-order valence-corrected chi connectivity index (χ3v) is 8.47. The van der Waals surface area contributed by atoms with Gasteiger partial charge in [0, 0.05) is 18.7 Å². The van der Waals surface area contributed by atoms with Crippen LogP contribution in [0.1, 0.15) is 57.4 Å². The van der Waals surface area contributed by atoms with E-state index in [0.29, 0.717) is 36.5 Å². The van der Waals surface area contributed by atoms with Crippen molar-refractivity contribution in [1.29, 1.82) is 5.41 Å². The van der Waals surface area contributed by atoms with Crippen LogP contribution >= 0.6 is 0 Å². The minimum absolute atomic E-state index is 0.0615. The minimum atomic E-state index is -3.87. The van der Waals surface area contributed by atoms with E-state index in [4.69, 9.17) is 10.1 Å². The number of sulfonamides is 1. The number of carboxylic acid groups (broad SMARTS) is 1. The van der Waals surface area contributed by atoms with Gasteiger partial charge in [0.2, 0.25) is 15.9 Å². The highest BCUT2D eigenvalue weighted by atomic mass is 32.2. The van der Waals surface area contributed by atoms with Gasteiger partial charge in [0.15, 0.2) is 0 Å². The van der Waals surface area contributed by atoms with Gasteiger partial charge >= 0.3 is 5.97 Å². The van der Waals surface area contributed by atoms with E-state index in [-0.39, 0.29) is 17.9 Å². The zero-order valence-electron chi connectivity index (χ0n) is 21.8. The third-order valence-electron chi connectivity index (χ3n) is 6.55. The van der Waals surface area contributed by atoms with Gasteiger partial charge in [-0.05, 0) is 68.9 Å². The zero-order valence-corrected chi connectivity index (χ0v) is 22.6. The van der Waals surface area contributed by atoms with Crippen molar-refractivity contribution in [2.45, 2.75) is 75.3 Å². The predicted molar refractivity (Wildman–Crippen MR) is 145 cm³/mol. The van der Waals surface area contributed by atoms with Crippen LogP contribution in [-0.4, -0.2) is 60.7 Å². The van der Waals surface area contributed by atoms with Gasteiger partial charge in [-0.2, -0.15) is 4.31 Å². The lowest BCUT2D eigenvalue weighted by Gasteiger charge is -2.25. The molecule has 1 aliphatic rings. The molecule has 0 saturated carbocycles. The summed E-state index contributed by atoms with van der Waals surface area (Å²) in [6.07, 6.45) is 5.80. The summed E-state index contributed by atoms with van der Waals surface area (Å²) in [7, 11) is -3.87. The van der Waals surface area contributed by atoms with Crippen molar-refractivity contribution in [3.05, 3.63) is 60.2 Å². The third kappa shape index (κ3) is 8.39. The molecule has 0 spiro atoms. The van der Waals surface area contributed by atoms with E-state index >= 15 is 0 Å². The summed E-state index contributed by atoms with van der Waals surface area (Å²) in [5, 5.41) is 19.7. The molecule has 1 fully saturated rings. The summed E-state index contributed by atoms with van der Waals surface area (Å²) in [5.74, 6) is -1.11. The predicted octanol–water partition coefficient (Wildman–Crippen LogP) is 4.02. The Kier molecular flexibility index (Phi) is 10.8. The molecule has 1 heterocycles. The number of benzene rings is 2. The number of carbonyl (C=O) groups excluding carboxylic acids is 1. The number of rotatable bonds is 15. The van der Waals surface area contributed by atoms with Crippen molar-refractivity contribution < 1.29 is 27.9 Å². The van der Waals surface area contributed by atoms with Crippen molar-refractivity contribution in [3.8, 4) is 5.75 Å². The minimum Gasteiger partial charge on any atom is -0.494 e. The second-order valence-corrected chi connectivity index (χ2v) is 11.5. The molecule has 2 aromatic carbocycles. The molecule has 0 radical (unpaired) electrons. The average molecular weight is 544 g/mol. The fraction of sp³-hybridized carbons (Fsp3) is 0.464. The van der Waals surface area contributed by atoms with Crippen LogP contribution in [0.3, 0.4) is 0 Å². The molecule has 2 atom stereocenters. The van der Waals surface area contributed by atoms with Gasteiger partial charge in [-0.3, -0.25) is 4.79 Å². The molecule has 10 heteroatoms. The molecule has 2 aromatic rings. The normalized spacial score (nSPS) is 16.6. The number of hydrogen-bond donors (Lipinski definition) is 3. The molecule has 0 aromatic heterocycles. The van der Waals surface area contributed by atoms with Gasteiger partial charge in [0.05, 0.1) is 11.5 Å². The highest BCUT2D eigenvalue weighted by molar-refractivity contribution is 7.89. The maximum absolute atomic E-state index is 13.1. The van der Waals surface area contributed by atoms with E-state index in [1.54, 1.807) is 42.5 Å². The summed E-state index contributed by atoms with van der Waals surface area (Å²) < 4.78 is 33.1. The molecule has 0 aliphatic carbocycles. The molecule has 0 bridgehead atoms. The van der Waals surface area contributed by atoms with Crippen LogP contribution in [0.5, 0.6) is 5.75 Å². The standard InChI is InChI=1S/C28H37N3O6S/c1-21(29)10-5-2-3-8-19-37-23-16-14-22(15-17-23)20-25(28(33)34)30-27(32)26-13-9-18-31(26)38(35,36)24-11-6-4-7-12-24/h4,6-7,11-12,14-17,25-26,29H,2-3,5,8-10,13,18-20H2,1H3,(H,30,32)(H,33,34)/t25-,26-/m0/s1. The molecule has 0 unspecified atom stereocenters. The first-order valence-electron chi connectivity index (χ1n) is 13.0. The van der Waals surface area contributed by atoms with Crippen molar-refractivity contribution in [3.63, 3.8) is 0 Å². The van der Waals surface area contributed by atoms with Crippen LogP contribution in [0.25, 0.3) is 0 Å². The van der Waals surface area contributed by atoms with Crippen molar-refractivity contribution in [1.82, 2.24) is 9.62 Å². The van der Waals surface area contributed by atoms with Gasteiger partial charge in [-0.15, -0.1) is 0 Å². The molecule has 38 heavy (non-hydrogen) atoms. The van der Waals surface area contributed by atoms with Gasteiger partial charge in [-0.1, -0.05) is 43.2 Å². The Hall–Kier alpha value is -3.24. The Morgan fingerprint density at radius 2 is 1.76 bits per heavy atom. The molecule has 1 aliphatic heterocycles. The molecular formula is C28H37N3O6S. The zero-order chi connectivity index (χ0) is 27.5. The molecule has 1 saturated heterocycles. The second kappa shape index (κ2) is 14.1. The van der Waals surface area contributed by atoms with Gasteiger partial charge < -0.3 is 20.6 Å². The number of nitrogens with one attached hydrogen (secondary N) is 2. The Balaban J connectivity index is 1.52. The fourth-order valence-corrected chi connectivity index (χ4v) is 6.16. The van der Waals surface area contributed by atoms with E-state index in [2.05, 4.69) is 5.32 Å². The van der Waals surface area contributed by atoms with E-state index in [0.717, 1.165) is 36.4 Å². The lowest BCUT2D eigenvalue weighted by atomic mass is 10.1. The largest absolute Gasteiger partial charge is 0.494 e. The van der Waals surface area contributed by atoms with E-state index < -0.39 is 34.0 Å².